The molecule has 3 aromatic heterocycles. The first-order valence-electron chi connectivity index (χ1n) is 11.0. The van der Waals surface area contributed by atoms with Crippen molar-refractivity contribution in [3.05, 3.63) is 42.2 Å². The molecule has 1 saturated heterocycles. The number of fused-ring (bicyclic) bond motifs is 2. The summed E-state index contributed by atoms with van der Waals surface area (Å²) in [6, 6.07) is 8.57. The number of phenols is 1. The van der Waals surface area contributed by atoms with Crippen molar-refractivity contribution < 1.29 is 5.11 Å². The van der Waals surface area contributed by atoms with Crippen LogP contribution in [0.25, 0.3) is 33.2 Å². The Kier molecular flexibility index (Phi) is 4.14. The average molecular weight is 415 g/mol. The Bertz CT molecular complexity index is 1310. The van der Waals surface area contributed by atoms with Crippen LogP contribution in [-0.2, 0) is 7.05 Å². The van der Waals surface area contributed by atoms with Gasteiger partial charge < -0.3 is 15.3 Å². The molecule has 4 heterocycles. The maximum Gasteiger partial charge on any atom is 0.160 e. The van der Waals surface area contributed by atoms with E-state index in [1.54, 1.807) is 10.7 Å². The van der Waals surface area contributed by atoms with Gasteiger partial charge in [0.15, 0.2) is 5.65 Å². The van der Waals surface area contributed by atoms with Crippen LogP contribution in [0, 0.1) is 0 Å². The number of rotatable bonds is 3. The van der Waals surface area contributed by atoms with Crippen LogP contribution in [-0.4, -0.2) is 50.5 Å². The average Bonchev–Trinajstić information content (AvgIpc) is 3.54. The summed E-state index contributed by atoms with van der Waals surface area (Å²) in [7, 11) is 1.89. The van der Waals surface area contributed by atoms with Crippen LogP contribution >= 0.6 is 0 Å². The van der Waals surface area contributed by atoms with Crippen molar-refractivity contribution in [3.8, 4) is 17.0 Å². The van der Waals surface area contributed by atoms with Gasteiger partial charge in [-0.15, -0.1) is 0 Å². The molecule has 1 unspecified atom stereocenters. The molecule has 0 bridgehead atoms. The van der Waals surface area contributed by atoms with Crippen molar-refractivity contribution in [2.75, 3.05) is 24.5 Å². The van der Waals surface area contributed by atoms with Crippen molar-refractivity contribution in [3.63, 3.8) is 0 Å². The summed E-state index contributed by atoms with van der Waals surface area (Å²) in [5.74, 6) is 0.749. The molecule has 2 N–H and O–H groups in total. The summed E-state index contributed by atoms with van der Waals surface area (Å²) in [4.78, 5) is 12.0. The smallest absolute Gasteiger partial charge is 0.160 e. The van der Waals surface area contributed by atoms with Crippen LogP contribution in [0.4, 0.5) is 5.69 Å². The molecule has 1 saturated carbocycles. The highest BCUT2D eigenvalue weighted by atomic mass is 16.3. The first-order chi connectivity index (χ1) is 15.0. The number of aromatic nitrogens is 4. The van der Waals surface area contributed by atoms with Crippen molar-refractivity contribution in [2.24, 2.45) is 7.05 Å². The summed E-state index contributed by atoms with van der Waals surface area (Å²) in [6.07, 6.45) is 6.29. The lowest BCUT2D eigenvalue weighted by Gasteiger charge is -2.33. The molecule has 6 rings (SSSR count). The molecule has 31 heavy (non-hydrogen) atoms. The number of hydrogen-bond acceptors (Lipinski definition) is 6. The highest BCUT2D eigenvalue weighted by molar-refractivity contribution is 5.90. The van der Waals surface area contributed by atoms with Crippen molar-refractivity contribution >= 4 is 27.6 Å². The predicted molar refractivity (Wildman–Crippen MR) is 123 cm³/mol. The maximum absolute atomic E-state index is 10.7. The van der Waals surface area contributed by atoms with E-state index in [4.69, 9.17) is 9.97 Å². The van der Waals surface area contributed by atoms with Gasteiger partial charge in [-0.1, -0.05) is 0 Å². The van der Waals surface area contributed by atoms with E-state index in [0.717, 1.165) is 58.5 Å². The van der Waals surface area contributed by atoms with Gasteiger partial charge in [0.2, 0.25) is 0 Å². The number of anilines is 1. The maximum atomic E-state index is 10.7. The number of pyridine rings is 2. The SMILES string of the molecule is CC1CN(c2cnc3nc(-c4cc5cn(C)nc5cc4O)cc(C4CC4)c3c2)CCN1. The summed E-state index contributed by atoms with van der Waals surface area (Å²) >= 11 is 0. The minimum atomic E-state index is 0.200. The van der Waals surface area contributed by atoms with Crippen molar-refractivity contribution in [1.29, 1.82) is 0 Å². The molecular formula is C24H26N6O. The molecule has 1 atom stereocenters. The molecule has 1 aromatic carbocycles. The predicted octanol–water partition coefficient (Wildman–Crippen LogP) is 3.56. The first kappa shape index (κ1) is 18.6. The Balaban J connectivity index is 1.48. The Hall–Kier alpha value is -3.19. The number of phenolic OH excluding ortho intramolecular Hbond substituents is 1. The normalized spacial score (nSPS) is 19.4. The summed E-state index contributed by atoms with van der Waals surface area (Å²) in [5, 5.41) is 20.7. The fourth-order valence-electron chi connectivity index (χ4n) is 4.72. The third kappa shape index (κ3) is 3.29. The number of benzene rings is 1. The fraction of sp³-hybridized carbons (Fsp3) is 0.375. The molecule has 2 aliphatic rings. The quantitative estimate of drug-likeness (QED) is 0.534. The highest BCUT2D eigenvalue weighted by Gasteiger charge is 2.28. The molecule has 1 aliphatic heterocycles. The number of aryl methyl sites for hydroxylation is 1. The van der Waals surface area contributed by atoms with Gasteiger partial charge in [-0.3, -0.25) is 4.68 Å². The number of piperazine rings is 1. The molecule has 4 aromatic rings. The lowest BCUT2D eigenvalue weighted by atomic mass is 10.0. The fourth-order valence-corrected chi connectivity index (χ4v) is 4.72. The van der Waals surface area contributed by atoms with Gasteiger partial charge in [0.05, 0.1) is 23.1 Å². The summed E-state index contributed by atoms with van der Waals surface area (Å²) in [6.45, 7) is 5.18. The minimum absolute atomic E-state index is 0.200. The number of nitrogens with zero attached hydrogens (tertiary/aromatic N) is 5. The molecule has 7 heteroatoms. The van der Waals surface area contributed by atoms with Crippen LogP contribution in [0.1, 0.15) is 31.2 Å². The van der Waals surface area contributed by atoms with Gasteiger partial charge in [-0.25, -0.2) is 9.97 Å². The third-order valence-electron chi connectivity index (χ3n) is 6.45. The van der Waals surface area contributed by atoms with E-state index < -0.39 is 0 Å². The van der Waals surface area contributed by atoms with Crippen molar-refractivity contribution in [1.82, 2.24) is 25.1 Å². The lowest BCUT2D eigenvalue weighted by Crippen LogP contribution is -2.49. The standard InChI is InChI=1S/C24H26N6O/c1-14-12-30(6-5-25-14)17-8-19-18(15-3-4-15)9-22(27-24(19)26-11-17)20-7-16-13-29(2)28-21(16)10-23(20)31/h7-11,13-15,25,31H,3-6,12H2,1-2H3. The van der Waals surface area contributed by atoms with Crippen molar-refractivity contribution in [2.45, 2.75) is 31.7 Å². The molecule has 0 spiro atoms. The zero-order valence-corrected chi connectivity index (χ0v) is 17.8. The minimum Gasteiger partial charge on any atom is -0.507 e. The number of hydrogen-bond donors (Lipinski definition) is 2. The van der Waals surface area contributed by atoms with Gasteiger partial charge in [-0.2, -0.15) is 5.10 Å². The van der Waals surface area contributed by atoms with Crippen LogP contribution in [0.15, 0.2) is 36.7 Å². The van der Waals surface area contributed by atoms with E-state index in [0.29, 0.717) is 12.0 Å². The third-order valence-corrected chi connectivity index (χ3v) is 6.45. The van der Waals surface area contributed by atoms with Crippen LogP contribution in [0.3, 0.4) is 0 Å². The van der Waals surface area contributed by atoms with E-state index >= 15 is 0 Å². The zero-order valence-electron chi connectivity index (χ0n) is 17.8. The van der Waals surface area contributed by atoms with E-state index in [1.807, 2.05) is 25.5 Å². The lowest BCUT2D eigenvalue weighted by molar-refractivity contribution is 0.478. The highest BCUT2D eigenvalue weighted by Crippen LogP contribution is 2.45. The van der Waals surface area contributed by atoms with Gasteiger partial charge in [0, 0.05) is 61.3 Å². The van der Waals surface area contributed by atoms with Crippen LogP contribution in [0.2, 0.25) is 0 Å². The molecule has 0 radical (unpaired) electrons. The Labute approximate surface area is 180 Å². The van der Waals surface area contributed by atoms with E-state index in [1.165, 1.54) is 18.4 Å². The van der Waals surface area contributed by atoms with E-state index in [2.05, 4.69) is 34.4 Å². The Morgan fingerprint density at radius 2 is 2.03 bits per heavy atom. The molecular weight excluding hydrogens is 388 g/mol. The number of aromatic hydroxyl groups is 1. The van der Waals surface area contributed by atoms with E-state index in [-0.39, 0.29) is 5.75 Å². The summed E-state index contributed by atoms with van der Waals surface area (Å²) in [5.41, 5.74) is 5.48. The molecule has 7 nitrogen and oxygen atoms in total. The first-order valence-corrected chi connectivity index (χ1v) is 11.0. The second-order valence-corrected chi connectivity index (χ2v) is 8.97. The van der Waals surface area contributed by atoms with Gasteiger partial charge in [0.1, 0.15) is 5.75 Å². The van der Waals surface area contributed by atoms with Gasteiger partial charge in [0.25, 0.3) is 0 Å². The topological polar surface area (TPSA) is 79.1 Å². The number of nitrogens with one attached hydrogen (secondary N) is 1. The Morgan fingerprint density at radius 3 is 2.84 bits per heavy atom. The van der Waals surface area contributed by atoms with E-state index in [9.17, 15) is 5.11 Å². The second-order valence-electron chi connectivity index (χ2n) is 8.97. The largest absolute Gasteiger partial charge is 0.507 e. The summed E-state index contributed by atoms with van der Waals surface area (Å²) < 4.78 is 1.76. The Morgan fingerprint density at radius 1 is 1.16 bits per heavy atom. The molecule has 2 fully saturated rings. The van der Waals surface area contributed by atoms with Gasteiger partial charge in [-0.05, 0) is 49.4 Å². The second kappa shape index (κ2) is 6.92. The van der Waals surface area contributed by atoms with Crippen LogP contribution < -0.4 is 10.2 Å². The molecule has 158 valence electrons. The van der Waals surface area contributed by atoms with Gasteiger partial charge >= 0.3 is 0 Å². The van der Waals surface area contributed by atoms with Crippen LogP contribution in [0.5, 0.6) is 5.75 Å². The monoisotopic (exact) mass is 414 g/mol. The molecule has 1 aliphatic carbocycles. The zero-order chi connectivity index (χ0) is 21.1. The molecule has 0 amide bonds.